The maximum atomic E-state index is 13.0. The first-order chi connectivity index (χ1) is 10.9. The van der Waals surface area contributed by atoms with Gasteiger partial charge in [0.2, 0.25) is 0 Å². The normalized spacial score (nSPS) is 11.1. The van der Waals surface area contributed by atoms with Gasteiger partial charge in [-0.05, 0) is 75.5 Å². The van der Waals surface area contributed by atoms with Crippen LogP contribution in [0.1, 0.15) is 28.6 Å². The van der Waals surface area contributed by atoms with E-state index in [1.54, 1.807) is 12.1 Å². The number of aromatic hydroxyl groups is 1. The second kappa shape index (κ2) is 6.72. The van der Waals surface area contributed by atoms with Gasteiger partial charge in [0.05, 0.1) is 12.7 Å². The molecule has 0 aliphatic rings. The summed E-state index contributed by atoms with van der Waals surface area (Å²) < 4.78 is 8.08. The summed E-state index contributed by atoms with van der Waals surface area (Å²) in [6.07, 6.45) is 0.639. The number of ketones is 1. The Balaban J connectivity index is 2.21. The number of aryl methyl sites for hydroxylation is 1. The van der Waals surface area contributed by atoms with Crippen molar-refractivity contribution in [1.82, 2.24) is 0 Å². The Labute approximate surface area is 168 Å². The zero-order valence-corrected chi connectivity index (χ0v) is 17.9. The van der Waals surface area contributed by atoms with Gasteiger partial charge < -0.3 is 9.52 Å². The average molecular weight is 597 g/mol. The third-order valence-corrected chi connectivity index (χ3v) is 5.69. The summed E-state index contributed by atoms with van der Waals surface area (Å²) in [7, 11) is 0. The lowest BCUT2D eigenvalue weighted by molar-refractivity contribution is 0.103. The molecule has 3 nitrogen and oxygen atoms in total. The van der Waals surface area contributed by atoms with Crippen molar-refractivity contribution >= 4 is 77.9 Å². The minimum Gasteiger partial charge on any atom is -0.506 e. The second-order valence-corrected chi connectivity index (χ2v) is 8.25. The Morgan fingerprint density at radius 2 is 1.87 bits per heavy atom. The molecule has 0 radical (unpaired) electrons. The van der Waals surface area contributed by atoms with Crippen LogP contribution in [0.2, 0.25) is 0 Å². The molecule has 118 valence electrons. The summed E-state index contributed by atoms with van der Waals surface area (Å²) in [5.41, 5.74) is 1.85. The highest BCUT2D eigenvalue weighted by molar-refractivity contribution is 14.1. The van der Waals surface area contributed by atoms with E-state index in [9.17, 15) is 9.90 Å². The third kappa shape index (κ3) is 3.17. The summed E-state index contributed by atoms with van der Waals surface area (Å²) in [6.45, 7) is 1.97. The molecule has 0 unspecified atom stereocenters. The topological polar surface area (TPSA) is 50.4 Å². The minimum absolute atomic E-state index is 0.0845. The zero-order chi connectivity index (χ0) is 16.7. The van der Waals surface area contributed by atoms with Gasteiger partial charge in [0.1, 0.15) is 17.1 Å². The molecule has 3 rings (SSSR count). The van der Waals surface area contributed by atoms with Crippen molar-refractivity contribution in [2.75, 3.05) is 0 Å². The van der Waals surface area contributed by atoms with Crippen molar-refractivity contribution in [2.24, 2.45) is 0 Å². The van der Waals surface area contributed by atoms with Crippen LogP contribution in [0.15, 0.2) is 39.2 Å². The van der Waals surface area contributed by atoms with Crippen molar-refractivity contribution in [3.63, 3.8) is 0 Å². The number of hydrogen-bond acceptors (Lipinski definition) is 3. The van der Waals surface area contributed by atoms with E-state index in [0.717, 1.165) is 9.86 Å². The van der Waals surface area contributed by atoms with Gasteiger partial charge in [0, 0.05) is 21.8 Å². The van der Waals surface area contributed by atoms with Crippen LogP contribution >= 0.6 is 61.1 Å². The maximum Gasteiger partial charge on any atom is 0.197 e. The Hall–Kier alpha value is -0.610. The van der Waals surface area contributed by atoms with Gasteiger partial charge in [-0.25, -0.2) is 0 Å². The van der Waals surface area contributed by atoms with Gasteiger partial charge in [-0.2, -0.15) is 0 Å². The molecule has 1 aromatic heterocycles. The van der Waals surface area contributed by atoms with Gasteiger partial charge in [0.25, 0.3) is 0 Å². The molecule has 0 aliphatic carbocycles. The van der Waals surface area contributed by atoms with Crippen LogP contribution in [0.5, 0.6) is 5.75 Å². The summed E-state index contributed by atoms with van der Waals surface area (Å²) in [4.78, 5) is 13.0. The van der Waals surface area contributed by atoms with Gasteiger partial charge in [-0.3, -0.25) is 4.79 Å². The molecule has 0 bridgehead atoms. The predicted octanol–water partition coefficient (Wildman–Crippen LogP) is 5.90. The first-order valence-electron chi connectivity index (χ1n) is 6.86. The Morgan fingerprint density at radius 1 is 1.22 bits per heavy atom. The lowest BCUT2D eigenvalue weighted by Crippen LogP contribution is -2.04. The van der Waals surface area contributed by atoms with E-state index in [-0.39, 0.29) is 11.5 Å². The maximum absolute atomic E-state index is 13.0. The lowest BCUT2D eigenvalue weighted by Gasteiger charge is -2.06. The summed E-state index contributed by atoms with van der Waals surface area (Å²) in [6, 6.07) is 9.08. The quantitative estimate of drug-likeness (QED) is 0.302. The molecule has 23 heavy (non-hydrogen) atoms. The van der Waals surface area contributed by atoms with Crippen molar-refractivity contribution < 1.29 is 14.3 Å². The van der Waals surface area contributed by atoms with E-state index in [2.05, 4.69) is 15.9 Å². The fourth-order valence-electron chi connectivity index (χ4n) is 2.46. The minimum atomic E-state index is -0.0845. The van der Waals surface area contributed by atoms with Crippen LogP contribution in [0.4, 0.5) is 0 Å². The summed E-state index contributed by atoms with van der Waals surface area (Å²) >= 11 is 7.48. The van der Waals surface area contributed by atoms with Gasteiger partial charge in [-0.15, -0.1) is 0 Å². The molecule has 0 saturated heterocycles. The molecular weight excluding hydrogens is 586 g/mol. The third-order valence-electron chi connectivity index (χ3n) is 3.55. The average Bonchev–Trinajstić information content (AvgIpc) is 2.88. The molecule has 0 aliphatic heterocycles. The molecule has 0 saturated carbocycles. The van der Waals surface area contributed by atoms with E-state index >= 15 is 0 Å². The van der Waals surface area contributed by atoms with Crippen molar-refractivity contribution in [3.05, 3.63) is 58.8 Å². The standard InChI is InChI=1S/C17H11BrI2O3/c1-2-13-15(10-4-3-9(18)7-14(10)23-13)16(21)8-5-11(19)17(22)12(20)6-8/h3-7,22H,2H2,1H3. The second-order valence-electron chi connectivity index (χ2n) is 5.01. The van der Waals surface area contributed by atoms with E-state index in [1.807, 2.05) is 70.3 Å². The smallest absolute Gasteiger partial charge is 0.197 e. The largest absolute Gasteiger partial charge is 0.506 e. The van der Waals surface area contributed by atoms with Crippen molar-refractivity contribution in [1.29, 1.82) is 0 Å². The van der Waals surface area contributed by atoms with E-state index in [0.29, 0.717) is 36.0 Å². The first-order valence-corrected chi connectivity index (χ1v) is 9.81. The fraction of sp³-hybridized carbons (Fsp3) is 0.118. The molecular formula is C17H11BrI2O3. The molecule has 1 heterocycles. The highest BCUT2D eigenvalue weighted by atomic mass is 127. The Bertz CT molecular complexity index is 908. The SMILES string of the molecule is CCc1oc2cc(Br)ccc2c1C(=O)c1cc(I)c(O)c(I)c1. The van der Waals surface area contributed by atoms with Crippen LogP contribution in [0.3, 0.4) is 0 Å². The van der Waals surface area contributed by atoms with E-state index in [4.69, 9.17) is 4.42 Å². The zero-order valence-electron chi connectivity index (χ0n) is 12.0. The number of carbonyl (C=O) groups is 1. The molecule has 2 aromatic carbocycles. The molecule has 0 fully saturated rings. The van der Waals surface area contributed by atoms with Gasteiger partial charge in [0.15, 0.2) is 5.78 Å². The number of phenolic OH excluding ortho intramolecular Hbond substituents is 1. The van der Waals surface area contributed by atoms with Crippen LogP contribution in [-0.2, 0) is 6.42 Å². The first kappa shape index (κ1) is 17.2. The fourth-order valence-corrected chi connectivity index (χ4v) is 4.57. The number of furan rings is 1. The Morgan fingerprint density at radius 3 is 2.48 bits per heavy atom. The monoisotopic (exact) mass is 596 g/mol. The van der Waals surface area contributed by atoms with Crippen LogP contribution in [0, 0.1) is 7.14 Å². The number of fused-ring (bicyclic) bond motifs is 1. The highest BCUT2D eigenvalue weighted by Crippen LogP contribution is 2.33. The molecule has 3 aromatic rings. The molecule has 1 N–H and O–H groups in total. The van der Waals surface area contributed by atoms with Gasteiger partial charge in [-0.1, -0.05) is 22.9 Å². The summed E-state index contributed by atoms with van der Waals surface area (Å²) in [5, 5.41) is 10.7. The lowest BCUT2D eigenvalue weighted by atomic mass is 9.99. The van der Waals surface area contributed by atoms with Crippen LogP contribution < -0.4 is 0 Å². The van der Waals surface area contributed by atoms with Crippen LogP contribution in [-0.4, -0.2) is 10.9 Å². The summed E-state index contributed by atoms with van der Waals surface area (Å²) in [5.74, 6) is 0.805. The molecule has 0 amide bonds. The van der Waals surface area contributed by atoms with E-state index in [1.165, 1.54) is 0 Å². The number of phenols is 1. The number of benzene rings is 2. The molecule has 0 spiro atoms. The van der Waals surface area contributed by atoms with Crippen molar-refractivity contribution in [2.45, 2.75) is 13.3 Å². The highest BCUT2D eigenvalue weighted by Gasteiger charge is 2.22. The van der Waals surface area contributed by atoms with Crippen LogP contribution in [0.25, 0.3) is 11.0 Å². The van der Waals surface area contributed by atoms with Crippen molar-refractivity contribution in [3.8, 4) is 5.75 Å². The molecule has 6 heteroatoms. The Kier molecular flexibility index (Phi) is 5.03. The number of halogens is 3. The number of rotatable bonds is 3. The number of carbonyl (C=O) groups excluding carboxylic acids is 1. The molecule has 0 atom stereocenters. The predicted molar refractivity (Wildman–Crippen MR) is 110 cm³/mol. The number of hydrogen-bond donors (Lipinski definition) is 1. The van der Waals surface area contributed by atoms with Gasteiger partial charge >= 0.3 is 0 Å². The van der Waals surface area contributed by atoms with E-state index < -0.39 is 0 Å².